The number of aromatic amines is 1. The lowest BCUT2D eigenvalue weighted by Crippen LogP contribution is -2.18. The maximum Gasteiger partial charge on any atom is 0.214 e. The summed E-state index contributed by atoms with van der Waals surface area (Å²) in [6.07, 6.45) is 10.9. The topological polar surface area (TPSA) is 55.7 Å². The number of halogens is 1. The summed E-state index contributed by atoms with van der Waals surface area (Å²) >= 11 is 6.67. The lowest BCUT2D eigenvalue weighted by molar-refractivity contribution is 0.294. The lowest BCUT2D eigenvalue weighted by Gasteiger charge is -2.29. The van der Waals surface area contributed by atoms with Crippen LogP contribution >= 0.6 is 11.6 Å². The maximum atomic E-state index is 6.67. The molecule has 1 unspecified atom stereocenters. The number of hydrogen-bond acceptors (Lipinski definition) is 3. The third-order valence-electron chi connectivity index (χ3n) is 6.45. The number of aryl methyl sites for hydroxylation is 1. The Morgan fingerprint density at radius 2 is 2.00 bits per heavy atom. The minimum Gasteiger partial charge on any atom is -0.473 e. The number of fused-ring (bicyclic) bond motifs is 2. The minimum atomic E-state index is 0.167. The molecule has 164 valence electrons. The first-order valence-electron chi connectivity index (χ1n) is 11.2. The highest BCUT2D eigenvalue weighted by Gasteiger charge is 2.26. The maximum absolute atomic E-state index is 6.67. The summed E-state index contributed by atoms with van der Waals surface area (Å²) in [7, 11) is 0. The van der Waals surface area contributed by atoms with Gasteiger partial charge in [-0.25, -0.2) is 9.97 Å². The fourth-order valence-electron chi connectivity index (χ4n) is 4.87. The fourth-order valence-corrected chi connectivity index (χ4v) is 5.19. The van der Waals surface area contributed by atoms with Crippen molar-refractivity contribution in [3.05, 3.63) is 101 Å². The van der Waals surface area contributed by atoms with E-state index in [1.165, 1.54) is 11.1 Å². The molecule has 33 heavy (non-hydrogen) atoms. The van der Waals surface area contributed by atoms with Gasteiger partial charge in [-0.05, 0) is 42.0 Å². The summed E-state index contributed by atoms with van der Waals surface area (Å²) in [5.41, 5.74) is 6.76. The Kier molecular flexibility index (Phi) is 5.11. The summed E-state index contributed by atoms with van der Waals surface area (Å²) in [6, 6.07) is 18.5. The summed E-state index contributed by atoms with van der Waals surface area (Å²) in [5.74, 6) is 0.601. The molecule has 0 spiro atoms. The predicted molar refractivity (Wildman–Crippen MR) is 131 cm³/mol. The largest absolute Gasteiger partial charge is 0.473 e. The molecule has 0 amide bonds. The molecule has 0 bridgehead atoms. The van der Waals surface area contributed by atoms with Gasteiger partial charge in [-0.1, -0.05) is 54.1 Å². The predicted octanol–water partition coefficient (Wildman–Crippen LogP) is 6.58. The van der Waals surface area contributed by atoms with E-state index in [1.807, 2.05) is 73.4 Å². The molecule has 0 radical (unpaired) electrons. The van der Waals surface area contributed by atoms with Gasteiger partial charge in [-0.2, -0.15) is 0 Å². The molecule has 0 fully saturated rings. The number of nitrogens with one attached hydrogen (secondary N) is 1. The van der Waals surface area contributed by atoms with E-state index >= 15 is 0 Å². The highest BCUT2D eigenvalue weighted by atomic mass is 35.5. The number of pyridine rings is 1. The molecule has 5 aromatic rings. The molecule has 3 heterocycles. The van der Waals surface area contributed by atoms with E-state index in [9.17, 15) is 0 Å². The normalized spacial score (nSPS) is 15.5. The van der Waals surface area contributed by atoms with Crippen LogP contribution in [0.4, 0.5) is 0 Å². The Morgan fingerprint density at radius 3 is 2.91 bits per heavy atom. The number of benzene rings is 2. The van der Waals surface area contributed by atoms with E-state index in [0.29, 0.717) is 12.5 Å². The quantitative estimate of drug-likeness (QED) is 0.326. The molecule has 1 aliphatic rings. The van der Waals surface area contributed by atoms with Crippen molar-refractivity contribution < 1.29 is 4.74 Å². The van der Waals surface area contributed by atoms with Gasteiger partial charge >= 0.3 is 0 Å². The average Bonchev–Trinajstić information content (AvgIpc) is 3.50. The summed E-state index contributed by atoms with van der Waals surface area (Å²) in [5, 5.41) is 1.89. The molecule has 2 aromatic carbocycles. The van der Waals surface area contributed by atoms with Crippen LogP contribution in [0.2, 0.25) is 5.02 Å². The number of H-pyrrole nitrogens is 1. The second-order valence-corrected chi connectivity index (χ2v) is 8.86. The second-order valence-electron chi connectivity index (χ2n) is 8.45. The van der Waals surface area contributed by atoms with Gasteiger partial charge in [0.25, 0.3) is 0 Å². The van der Waals surface area contributed by atoms with Gasteiger partial charge in [0.05, 0.1) is 36.0 Å². The van der Waals surface area contributed by atoms with Crippen LogP contribution in [0.1, 0.15) is 35.6 Å². The number of ether oxygens (including phenoxy) is 1. The van der Waals surface area contributed by atoms with Crippen LogP contribution in [-0.2, 0) is 13.0 Å². The summed E-state index contributed by atoms with van der Waals surface area (Å²) in [4.78, 5) is 12.4. The molecule has 1 atom stereocenters. The van der Waals surface area contributed by atoms with Gasteiger partial charge < -0.3 is 14.3 Å². The van der Waals surface area contributed by atoms with Crippen LogP contribution in [0.3, 0.4) is 0 Å². The van der Waals surface area contributed by atoms with E-state index < -0.39 is 0 Å². The Morgan fingerprint density at radius 1 is 1.09 bits per heavy atom. The van der Waals surface area contributed by atoms with Gasteiger partial charge in [0.2, 0.25) is 5.88 Å². The fraction of sp³-hybridized carbons (Fsp3) is 0.185. The summed E-state index contributed by atoms with van der Waals surface area (Å²) in [6.45, 7) is 0.481. The zero-order chi connectivity index (χ0) is 22.2. The molecule has 3 aromatic heterocycles. The molecular formula is C27H23ClN4O. The number of aromatic nitrogens is 4. The Labute approximate surface area is 197 Å². The van der Waals surface area contributed by atoms with Crippen molar-refractivity contribution in [2.45, 2.75) is 31.9 Å². The molecule has 1 N–H and O–H groups in total. The Balaban J connectivity index is 1.37. The van der Waals surface area contributed by atoms with E-state index in [0.717, 1.165) is 52.0 Å². The van der Waals surface area contributed by atoms with Crippen LogP contribution in [0.15, 0.2) is 79.5 Å². The van der Waals surface area contributed by atoms with Crippen molar-refractivity contribution >= 4 is 22.5 Å². The standard InChI is InChI=1S/C27H23ClN4O/c28-22-10-4-8-19-9-5-11-24(27(19)22)32-17-29-15-25(32)21-13-30-23-14-31-26(12-20(21)23)33-16-18-6-2-1-3-7-18/h1-4,6-8,10,12-15,17,24,30H,5,9,11,16H2. The van der Waals surface area contributed by atoms with Gasteiger partial charge in [0.15, 0.2) is 0 Å². The Bertz CT molecular complexity index is 1420. The number of hydrogen-bond donors (Lipinski definition) is 1. The smallest absolute Gasteiger partial charge is 0.214 e. The minimum absolute atomic E-state index is 0.167. The SMILES string of the molecule is Clc1cccc2c1C(n1cncc1-c1c[nH]c3cnc(OCc4ccccc4)cc13)CCC2. The van der Waals surface area contributed by atoms with Crippen molar-refractivity contribution in [3.63, 3.8) is 0 Å². The molecule has 1 aliphatic carbocycles. The summed E-state index contributed by atoms with van der Waals surface area (Å²) < 4.78 is 8.25. The first-order chi connectivity index (χ1) is 16.3. The van der Waals surface area contributed by atoms with Crippen molar-refractivity contribution in [1.29, 1.82) is 0 Å². The van der Waals surface area contributed by atoms with Crippen LogP contribution in [0.25, 0.3) is 22.2 Å². The first-order valence-corrected chi connectivity index (χ1v) is 11.6. The molecule has 0 aliphatic heterocycles. The third-order valence-corrected chi connectivity index (χ3v) is 6.78. The zero-order valence-electron chi connectivity index (χ0n) is 18.0. The lowest BCUT2D eigenvalue weighted by atomic mass is 9.87. The molecule has 0 saturated heterocycles. The zero-order valence-corrected chi connectivity index (χ0v) is 18.8. The van der Waals surface area contributed by atoms with Crippen molar-refractivity contribution in [2.24, 2.45) is 0 Å². The van der Waals surface area contributed by atoms with Crippen LogP contribution in [-0.4, -0.2) is 19.5 Å². The number of imidazole rings is 1. The molecular weight excluding hydrogens is 432 g/mol. The van der Waals surface area contributed by atoms with Crippen LogP contribution in [0, 0.1) is 0 Å². The van der Waals surface area contributed by atoms with E-state index in [-0.39, 0.29) is 6.04 Å². The molecule has 5 nitrogen and oxygen atoms in total. The average molecular weight is 455 g/mol. The van der Waals surface area contributed by atoms with Gasteiger partial charge in [0, 0.05) is 28.2 Å². The molecule has 6 heteroatoms. The first kappa shape index (κ1) is 20.1. The molecule has 0 saturated carbocycles. The van der Waals surface area contributed by atoms with Crippen LogP contribution in [0.5, 0.6) is 5.88 Å². The van der Waals surface area contributed by atoms with E-state index in [2.05, 4.69) is 25.6 Å². The second kappa shape index (κ2) is 8.41. The highest BCUT2D eigenvalue weighted by molar-refractivity contribution is 6.31. The van der Waals surface area contributed by atoms with Gasteiger partial charge in [-0.15, -0.1) is 0 Å². The Hall–Kier alpha value is -3.57. The van der Waals surface area contributed by atoms with Crippen LogP contribution < -0.4 is 4.74 Å². The van der Waals surface area contributed by atoms with Crippen molar-refractivity contribution in [3.8, 4) is 17.1 Å². The monoisotopic (exact) mass is 454 g/mol. The van der Waals surface area contributed by atoms with Gasteiger partial charge in [0.1, 0.15) is 6.61 Å². The third kappa shape index (κ3) is 3.68. The van der Waals surface area contributed by atoms with E-state index in [4.69, 9.17) is 16.3 Å². The number of rotatable bonds is 5. The van der Waals surface area contributed by atoms with E-state index in [1.54, 1.807) is 0 Å². The molecule has 6 rings (SSSR count). The number of nitrogens with zero attached hydrogens (tertiary/aromatic N) is 3. The van der Waals surface area contributed by atoms with Gasteiger partial charge in [-0.3, -0.25) is 0 Å². The highest BCUT2D eigenvalue weighted by Crippen LogP contribution is 2.40. The van der Waals surface area contributed by atoms with Crippen molar-refractivity contribution in [2.75, 3.05) is 0 Å². The van der Waals surface area contributed by atoms with Crippen molar-refractivity contribution in [1.82, 2.24) is 19.5 Å².